The van der Waals surface area contributed by atoms with E-state index in [2.05, 4.69) is 9.71 Å². The van der Waals surface area contributed by atoms with Gasteiger partial charge in [0.25, 0.3) is 10.0 Å². The van der Waals surface area contributed by atoms with Crippen LogP contribution in [0.2, 0.25) is 0 Å². The summed E-state index contributed by atoms with van der Waals surface area (Å²) < 4.78 is 45.3. The number of oxazole rings is 1. The van der Waals surface area contributed by atoms with Crippen LogP contribution in [-0.4, -0.2) is 27.6 Å². The third-order valence-electron chi connectivity index (χ3n) is 4.81. The number of methoxy groups -OCH3 is 2. The van der Waals surface area contributed by atoms with Crippen molar-refractivity contribution in [2.24, 2.45) is 0 Å². The lowest BCUT2D eigenvalue weighted by Crippen LogP contribution is -2.13. The fourth-order valence-corrected chi connectivity index (χ4v) is 4.26. The average Bonchev–Trinajstić information content (AvgIpc) is 3.20. The topological polar surface area (TPSA) is 90.7 Å². The van der Waals surface area contributed by atoms with Gasteiger partial charge in [0.05, 0.1) is 24.7 Å². The molecule has 0 saturated carbocycles. The fraction of sp³-hybridized carbons (Fsp3) is 0.125. The lowest BCUT2D eigenvalue weighted by Gasteiger charge is -2.10. The molecule has 164 valence electrons. The van der Waals surface area contributed by atoms with E-state index >= 15 is 0 Å². The van der Waals surface area contributed by atoms with Gasteiger partial charge in [0.2, 0.25) is 5.89 Å². The number of benzene rings is 3. The second-order valence-electron chi connectivity index (χ2n) is 6.93. The van der Waals surface area contributed by atoms with Crippen molar-refractivity contribution >= 4 is 15.8 Å². The van der Waals surface area contributed by atoms with Crippen molar-refractivity contribution in [3.8, 4) is 22.8 Å². The molecule has 0 atom stereocenters. The van der Waals surface area contributed by atoms with Gasteiger partial charge in [-0.05, 0) is 29.8 Å². The highest BCUT2D eigenvalue weighted by Crippen LogP contribution is 2.39. The summed E-state index contributed by atoms with van der Waals surface area (Å²) >= 11 is 0. The molecular formula is C24H22N2O5S. The van der Waals surface area contributed by atoms with E-state index in [-0.39, 0.29) is 16.5 Å². The van der Waals surface area contributed by atoms with Crippen LogP contribution in [0.4, 0.5) is 5.82 Å². The third kappa shape index (κ3) is 4.60. The second kappa shape index (κ2) is 9.15. The van der Waals surface area contributed by atoms with Gasteiger partial charge in [0, 0.05) is 12.5 Å². The molecule has 0 saturated heterocycles. The zero-order valence-corrected chi connectivity index (χ0v) is 18.4. The molecule has 0 spiro atoms. The first kappa shape index (κ1) is 21.5. The summed E-state index contributed by atoms with van der Waals surface area (Å²) in [6.07, 6.45) is 0.402. The number of anilines is 1. The van der Waals surface area contributed by atoms with E-state index in [0.717, 1.165) is 5.56 Å². The predicted molar refractivity (Wildman–Crippen MR) is 122 cm³/mol. The Balaban J connectivity index is 1.79. The van der Waals surface area contributed by atoms with Gasteiger partial charge in [-0.2, -0.15) is 4.98 Å². The van der Waals surface area contributed by atoms with E-state index in [4.69, 9.17) is 13.9 Å². The Morgan fingerprint density at radius 2 is 1.59 bits per heavy atom. The number of rotatable bonds is 8. The summed E-state index contributed by atoms with van der Waals surface area (Å²) in [5.74, 6) is 1.78. The maximum Gasteiger partial charge on any atom is 0.263 e. The minimum absolute atomic E-state index is 0.0863. The van der Waals surface area contributed by atoms with Gasteiger partial charge >= 0.3 is 0 Å². The largest absolute Gasteiger partial charge is 0.497 e. The molecule has 0 aliphatic heterocycles. The second-order valence-corrected chi connectivity index (χ2v) is 8.61. The van der Waals surface area contributed by atoms with Crippen LogP contribution in [-0.2, 0) is 16.4 Å². The molecular weight excluding hydrogens is 428 g/mol. The summed E-state index contributed by atoms with van der Waals surface area (Å²) in [5.41, 5.74) is 1.53. The van der Waals surface area contributed by atoms with Crippen LogP contribution in [0.1, 0.15) is 11.5 Å². The van der Waals surface area contributed by atoms with Gasteiger partial charge in [0.15, 0.2) is 11.6 Å². The van der Waals surface area contributed by atoms with E-state index < -0.39 is 10.0 Å². The minimum Gasteiger partial charge on any atom is -0.497 e. The zero-order valence-electron chi connectivity index (χ0n) is 17.6. The van der Waals surface area contributed by atoms with Gasteiger partial charge in [-0.3, -0.25) is 4.72 Å². The Morgan fingerprint density at radius 1 is 0.906 bits per heavy atom. The van der Waals surface area contributed by atoms with Crippen LogP contribution in [0.15, 0.2) is 88.2 Å². The van der Waals surface area contributed by atoms with Crippen LogP contribution in [0.3, 0.4) is 0 Å². The van der Waals surface area contributed by atoms with E-state index in [1.807, 2.05) is 30.3 Å². The number of hydrogen-bond acceptors (Lipinski definition) is 6. The molecule has 1 N–H and O–H groups in total. The monoisotopic (exact) mass is 450 g/mol. The number of hydrogen-bond donors (Lipinski definition) is 1. The highest BCUT2D eigenvalue weighted by Gasteiger charge is 2.24. The van der Waals surface area contributed by atoms with Crippen molar-refractivity contribution in [3.05, 3.63) is 90.3 Å². The van der Waals surface area contributed by atoms with Crippen molar-refractivity contribution in [3.63, 3.8) is 0 Å². The van der Waals surface area contributed by atoms with Crippen LogP contribution in [0.5, 0.6) is 11.5 Å². The first-order chi connectivity index (χ1) is 15.5. The highest BCUT2D eigenvalue weighted by atomic mass is 32.2. The highest BCUT2D eigenvalue weighted by molar-refractivity contribution is 7.92. The van der Waals surface area contributed by atoms with E-state index in [1.54, 1.807) is 43.5 Å². The molecule has 0 fully saturated rings. The Kier molecular flexibility index (Phi) is 6.13. The lowest BCUT2D eigenvalue weighted by molar-refractivity contribution is 0.394. The average molecular weight is 451 g/mol. The fourth-order valence-electron chi connectivity index (χ4n) is 3.23. The molecule has 0 radical (unpaired) electrons. The van der Waals surface area contributed by atoms with Gasteiger partial charge in [-0.1, -0.05) is 48.5 Å². The SMILES string of the molecule is COc1ccc(-c2oc(Cc3ccccc3)nc2NS(=O)(=O)c2ccccc2)c(OC)c1. The quantitative estimate of drug-likeness (QED) is 0.417. The van der Waals surface area contributed by atoms with Crippen molar-refractivity contribution in [1.29, 1.82) is 0 Å². The molecule has 3 aromatic carbocycles. The molecule has 0 amide bonds. The lowest BCUT2D eigenvalue weighted by atomic mass is 10.1. The molecule has 32 heavy (non-hydrogen) atoms. The van der Waals surface area contributed by atoms with Crippen molar-refractivity contribution < 1.29 is 22.3 Å². The Hall–Kier alpha value is -3.78. The first-order valence-corrected chi connectivity index (χ1v) is 11.3. The van der Waals surface area contributed by atoms with Crippen LogP contribution >= 0.6 is 0 Å². The molecule has 0 bridgehead atoms. The van der Waals surface area contributed by atoms with Crippen molar-refractivity contribution in [2.45, 2.75) is 11.3 Å². The van der Waals surface area contributed by atoms with Crippen LogP contribution in [0, 0.1) is 0 Å². The van der Waals surface area contributed by atoms with Crippen molar-refractivity contribution in [1.82, 2.24) is 4.98 Å². The number of ether oxygens (including phenoxy) is 2. The normalized spacial score (nSPS) is 11.2. The Morgan fingerprint density at radius 3 is 2.25 bits per heavy atom. The molecule has 0 unspecified atom stereocenters. The van der Waals surface area contributed by atoms with Crippen LogP contribution in [0.25, 0.3) is 11.3 Å². The van der Waals surface area contributed by atoms with Crippen molar-refractivity contribution in [2.75, 3.05) is 18.9 Å². The number of aromatic nitrogens is 1. The number of sulfonamides is 1. The first-order valence-electron chi connectivity index (χ1n) is 9.84. The van der Waals surface area contributed by atoms with Gasteiger partial charge in [-0.15, -0.1) is 0 Å². The third-order valence-corrected chi connectivity index (χ3v) is 6.16. The minimum atomic E-state index is -3.87. The van der Waals surface area contributed by atoms with Gasteiger partial charge in [-0.25, -0.2) is 8.42 Å². The maximum atomic E-state index is 13.0. The predicted octanol–water partition coefficient (Wildman–Crippen LogP) is 4.75. The molecule has 1 heterocycles. The number of nitrogens with one attached hydrogen (secondary N) is 1. The molecule has 4 aromatic rings. The number of nitrogens with zero attached hydrogens (tertiary/aromatic N) is 1. The zero-order chi connectivity index (χ0) is 22.6. The smallest absolute Gasteiger partial charge is 0.263 e. The maximum absolute atomic E-state index is 13.0. The van der Waals surface area contributed by atoms with Crippen LogP contribution < -0.4 is 14.2 Å². The van der Waals surface area contributed by atoms with E-state index in [9.17, 15) is 8.42 Å². The van der Waals surface area contributed by atoms with Gasteiger partial charge < -0.3 is 13.9 Å². The molecule has 1 aromatic heterocycles. The van der Waals surface area contributed by atoms with E-state index in [0.29, 0.717) is 29.4 Å². The summed E-state index contributed by atoms with van der Waals surface area (Å²) in [6.45, 7) is 0. The standard InChI is InChI=1S/C24H22N2O5S/c1-29-18-13-14-20(21(16-18)30-2)23-24(26-32(27,28)19-11-7-4-8-12-19)25-22(31-23)15-17-9-5-3-6-10-17/h3-14,16,26H,15H2,1-2H3. The summed E-state index contributed by atoms with van der Waals surface area (Å²) in [6, 6.07) is 22.9. The summed E-state index contributed by atoms with van der Waals surface area (Å²) in [5, 5.41) is 0. The van der Waals surface area contributed by atoms with Gasteiger partial charge in [0.1, 0.15) is 11.5 Å². The molecule has 8 heteroatoms. The molecule has 0 aliphatic rings. The summed E-state index contributed by atoms with van der Waals surface area (Å²) in [7, 11) is -0.797. The van der Waals surface area contributed by atoms with E-state index in [1.165, 1.54) is 19.2 Å². The summed E-state index contributed by atoms with van der Waals surface area (Å²) in [4.78, 5) is 4.59. The Bertz CT molecular complexity index is 1300. The molecule has 0 aliphatic carbocycles. The molecule has 4 rings (SSSR count). The molecule has 7 nitrogen and oxygen atoms in total. The Labute approximate surface area is 186 Å².